The molecule has 5 heteroatoms. The van der Waals surface area contributed by atoms with E-state index in [9.17, 15) is 9.18 Å². The topological polar surface area (TPSA) is 62.3 Å². The van der Waals surface area contributed by atoms with Gasteiger partial charge in [0.2, 0.25) is 0 Å². The number of hydrogen-bond acceptors (Lipinski definition) is 2. The first kappa shape index (κ1) is 11.2. The minimum absolute atomic E-state index is 0.0807. The number of H-pyrrole nitrogens is 1. The molecule has 1 aromatic heterocycles. The zero-order chi connectivity index (χ0) is 12.3. The fourth-order valence-electron chi connectivity index (χ4n) is 1.37. The minimum Gasteiger partial charge on any atom is -0.486 e. The van der Waals surface area contributed by atoms with E-state index in [1.165, 1.54) is 24.4 Å². The lowest BCUT2D eigenvalue weighted by Gasteiger charge is -2.04. The summed E-state index contributed by atoms with van der Waals surface area (Å²) in [4.78, 5) is 13.2. The maximum atomic E-state index is 13.2. The molecule has 0 spiro atoms. The molecule has 4 nitrogen and oxygen atoms in total. The van der Waals surface area contributed by atoms with Gasteiger partial charge in [-0.3, -0.25) is 0 Å². The van der Waals surface area contributed by atoms with Crippen LogP contribution in [0.5, 0.6) is 5.75 Å². The molecule has 0 atom stereocenters. The molecule has 2 rings (SSSR count). The van der Waals surface area contributed by atoms with E-state index in [2.05, 4.69) is 4.98 Å². The van der Waals surface area contributed by atoms with Crippen LogP contribution in [0.15, 0.2) is 36.5 Å². The third-order valence-corrected chi connectivity index (χ3v) is 2.20. The molecule has 1 heterocycles. The molecule has 88 valence electrons. The summed E-state index contributed by atoms with van der Waals surface area (Å²) >= 11 is 0. The first-order valence-corrected chi connectivity index (χ1v) is 4.95. The molecule has 0 unspecified atom stereocenters. The van der Waals surface area contributed by atoms with Gasteiger partial charge in [-0.1, -0.05) is 12.1 Å². The van der Waals surface area contributed by atoms with E-state index < -0.39 is 11.8 Å². The Hall–Kier alpha value is -2.30. The minimum atomic E-state index is -1.04. The third-order valence-electron chi connectivity index (χ3n) is 2.20. The number of halogens is 1. The van der Waals surface area contributed by atoms with Gasteiger partial charge >= 0.3 is 5.97 Å². The van der Waals surface area contributed by atoms with Crippen molar-refractivity contribution in [1.29, 1.82) is 0 Å². The van der Waals surface area contributed by atoms with Crippen molar-refractivity contribution in [3.05, 3.63) is 53.6 Å². The van der Waals surface area contributed by atoms with E-state index >= 15 is 0 Å². The Kier molecular flexibility index (Phi) is 3.09. The first-order valence-electron chi connectivity index (χ1n) is 4.95. The van der Waals surface area contributed by atoms with E-state index in [4.69, 9.17) is 9.84 Å². The van der Waals surface area contributed by atoms with Gasteiger partial charge in [0, 0.05) is 11.8 Å². The maximum absolute atomic E-state index is 13.2. The SMILES string of the molecule is O=C(O)c1cc(COc2ccccc2F)c[nH]1. The number of carboxylic acids is 1. The zero-order valence-corrected chi connectivity index (χ0v) is 8.81. The predicted octanol–water partition coefficient (Wildman–Crippen LogP) is 2.43. The van der Waals surface area contributed by atoms with Crippen LogP contribution in [0.25, 0.3) is 0 Å². The first-order chi connectivity index (χ1) is 8.16. The maximum Gasteiger partial charge on any atom is 0.352 e. The summed E-state index contributed by atoms with van der Waals surface area (Å²) < 4.78 is 18.4. The molecule has 0 saturated carbocycles. The standard InChI is InChI=1S/C12H10FNO3/c13-9-3-1-2-4-11(9)17-7-8-5-10(12(15)16)14-6-8/h1-6,14H,7H2,(H,15,16). The summed E-state index contributed by atoms with van der Waals surface area (Å²) in [6, 6.07) is 7.50. The molecular formula is C12H10FNO3. The average molecular weight is 235 g/mol. The highest BCUT2D eigenvalue weighted by atomic mass is 19.1. The Balaban J connectivity index is 2.02. The lowest BCUT2D eigenvalue weighted by Crippen LogP contribution is -1.97. The van der Waals surface area contributed by atoms with Crippen LogP contribution in [-0.2, 0) is 6.61 Å². The predicted molar refractivity (Wildman–Crippen MR) is 58.5 cm³/mol. The number of aromatic amines is 1. The van der Waals surface area contributed by atoms with E-state index in [1.54, 1.807) is 12.1 Å². The molecule has 0 saturated heterocycles. The molecule has 0 fully saturated rings. The number of carbonyl (C=O) groups is 1. The van der Waals surface area contributed by atoms with Crippen molar-refractivity contribution in [3.8, 4) is 5.75 Å². The number of rotatable bonds is 4. The van der Waals surface area contributed by atoms with Gasteiger partial charge in [-0.05, 0) is 18.2 Å². The largest absolute Gasteiger partial charge is 0.486 e. The molecule has 0 amide bonds. The van der Waals surface area contributed by atoms with Crippen LogP contribution in [0.4, 0.5) is 4.39 Å². The molecule has 0 aliphatic carbocycles. The molecule has 0 bridgehead atoms. The van der Waals surface area contributed by atoms with Crippen molar-refractivity contribution >= 4 is 5.97 Å². The number of aromatic carboxylic acids is 1. The van der Waals surface area contributed by atoms with Gasteiger partial charge in [-0.15, -0.1) is 0 Å². The van der Waals surface area contributed by atoms with Gasteiger partial charge in [-0.25, -0.2) is 9.18 Å². The summed E-state index contributed by atoms with van der Waals surface area (Å²) in [6.07, 6.45) is 1.52. The van der Waals surface area contributed by atoms with E-state index in [-0.39, 0.29) is 18.1 Å². The second-order valence-corrected chi connectivity index (χ2v) is 3.45. The van der Waals surface area contributed by atoms with Crippen LogP contribution in [-0.4, -0.2) is 16.1 Å². The van der Waals surface area contributed by atoms with E-state index in [0.29, 0.717) is 5.56 Å². The molecule has 1 aromatic carbocycles. The number of aromatic nitrogens is 1. The molecule has 2 aromatic rings. The Labute approximate surface area is 96.7 Å². The smallest absolute Gasteiger partial charge is 0.352 e. The van der Waals surface area contributed by atoms with Crippen LogP contribution in [0, 0.1) is 5.82 Å². The highest BCUT2D eigenvalue weighted by Gasteiger charge is 2.07. The Morgan fingerprint density at radius 3 is 2.82 bits per heavy atom. The Bertz CT molecular complexity index is 536. The highest BCUT2D eigenvalue weighted by molar-refractivity contribution is 5.85. The van der Waals surface area contributed by atoms with Gasteiger partial charge < -0.3 is 14.8 Å². The van der Waals surface area contributed by atoms with Crippen molar-refractivity contribution in [2.24, 2.45) is 0 Å². The fourth-order valence-corrected chi connectivity index (χ4v) is 1.37. The number of carboxylic acid groups (broad SMARTS) is 1. The fraction of sp³-hybridized carbons (Fsp3) is 0.0833. The van der Waals surface area contributed by atoms with Crippen LogP contribution in [0.1, 0.15) is 16.1 Å². The van der Waals surface area contributed by atoms with Gasteiger partial charge in [0.05, 0.1) is 0 Å². The molecule has 0 aliphatic heterocycles. The molecule has 0 aliphatic rings. The van der Waals surface area contributed by atoms with Crippen LogP contribution in [0.2, 0.25) is 0 Å². The monoisotopic (exact) mass is 235 g/mol. The summed E-state index contributed by atoms with van der Waals surface area (Å²) in [5, 5.41) is 8.70. The Morgan fingerprint density at radius 1 is 1.41 bits per heavy atom. The molecule has 0 radical (unpaired) electrons. The third kappa shape index (κ3) is 2.63. The number of nitrogens with one attached hydrogen (secondary N) is 1. The van der Waals surface area contributed by atoms with E-state index in [0.717, 1.165) is 0 Å². The van der Waals surface area contributed by atoms with Crippen LogP contribution < -0.4 is 4.74 Å². The van der Waals surface area contributed by atoms with Crippen molar-refractivity contribution < 1.29 is 19.0 Å². The van der Waals surface area contributed by atoms with Crippen LogP contribution in [0.3, 0.4) is 0 Å². The summed E-state index contributed by atoms with van der Waals surface area (Å²) in [5.74, 6) is -1.34. The van der Waals surface area contributed by atoms with Gasteiger partial charge in [0.25, 0.3) is 0 Å². The molecule has 2 N–H and O–H groups in total. The zero-order valence-electron chi connectivity index (χ0n) is 8.81. The second kappa shape index (κ2) is 4.69. The molecular weight excluding hydrogens is 225 g/mol. The summed E-state index contributed by atoms with van der Waals surface area (Å²) in [6.45, 7) is 0.116. The van der Waals surface area contributed by atoms with E-state index in [1.807, 2.05) is 0 Å². The van der Waals surface area contributed by atoms with Gasteiger partial charge in [0.15, 0.2) is 11.6 Å². The van der Waals surface area contributed by atoms with Crippen molar-refractivity contribution in [3.63, 3.8) is 0 Å². The van der Waals surface area contributed by atoms with Crippen molar-refractivity contribution in [1.82, 2.24) is 4.98 Å². The van der Waals surface area contributed by atoms with Crippen molar-refractivity contribution in [2.75, 3.05) is 0 Å². The van der Waals surface area contributed by atoms with Gasteiger partial charge in [0.1, 0.15) is 12.3 Å². The highest BCUT2D eigenvalue weighted by Crippen LogP contribution is 2.17. The lowest BCUT2D eigenvalue weighted by atomic mass is 10.3. The summed E-state index contributed by atoms with van der Waals surface area (Å²) in [5.41, 5.74) is 0.725. The van der Waals surface area contributed by atoms with Gasteiger partial charge in [-0.2, -0.15) is 0 Å². The number of para-hydroxylation sites is 1. The quantitative estimate of drug-likeness (QED) is 0.855. The Morgan fingerprint density at radius 2 is 2.18 bits per heavy atom. The normalized spacial score (nSPS) is 10.2. The summed E-state index contributed by atoms with van der Waals surface area (Å²) in [7, 11) is 0. The second-order valence-electron chi connectivity index (χ2n) is 3.45. The molecule has 17 heavy (non-hydrogen) atoms. The number of benzene rings is 1. The number of ether oxygens (including phenoxy) is 1. The van der Waals surface area contributed by atoms with Crippen LogP contribution >= 0.6 is 0 Å². The van der Waals surface area contributed by atoms with Crippen molar-refractivity contribution in [2.45, 2.75) is 6.61 Å². The number of hydrogen-bond donors (Lipinski definition) is 2. The lowest BCUT2D eigenvalue weighted by molar-refractivity contribution is 0.0691. The average Bonchev–Trinajstić information content (AvgIpc) is 2.77.